The summed E-state index contributed by atoms with van der Waals surface area (Å²) in [5.74, 6) is 0.362. The Morgan fingerprint density at radius 1 is 1.50 bits per heavy atom. The van der Waals surface area contributed by atoms with Crippen molar-refractivity contribution in [1.82, 2.24) is 5.32 Å². The lowest BCUT2D eigenvalue weighted by Gasteiger charge is -2.21. The van der Waals surface area contributed by atoms with Gasteiger partial charge in [-0.1, -0.05) is 12.1 Å². The predicted molar refractivity (Wildman–Crippen MR) is 65.6 cm³/mol. The van der Waals surface area contributed by atoms with Crippen molar-refractivity contribution in [2.24, 2.45) is 5.92 Å². The number of benzene rings is 1. The van der Waals surface area contributed by atoms with Gasteiger partial charge in [-0.15, -0.1) is 0 Å². The zero-order valence-electron chi connectivity index (χ0n) is 9.86. The highest BCUT2D eigenvalue weighted by Crippen LogP contribution is 2.19. The van der Waals surface area contributed by atoms with Crippen molar-refractivity contribution in [1.29, 1.82) is 0 Å². The highest BCUT2D eigenvalue weighted by Gasteiger charge is 2.25. The second-order valence-electron chi connectivity index (χ2n) is 4.43. The Hall–Kier alpha value is -1.35. The molecule has 0 saturated carbocycles. The summed E-state index contributed by atoms with van der Waals surface area (Å²) in [5, 5.41) is 3.22. The Morgan fingerprint density at radius 3 is 2.94 bits per heavy atom. The number of carbonyl (C=O) groups is 1. The summed E-state index contributed by atoms with van der Waals surface area (Å²) < 4.78 is 0. The number of anilines is 1. The quantitative estimate of drug-likeness (QED) is 0.817. The Morgan fingerprint density at radius 2 is 2.31 bits per heavy atom. The number of nitrogens with zero attached hydrogens (tertiary/aromatic N) is 1. The van der Waals surface area contributed by atoms with Gasteiger partial charge in [0, 0.05) is 19.3 Å². The van der Waals surface area contributed by atoms with Crippen LogP contribution in [0.3, 0.4) is 0 Å². The zero-order chi connectivity index (χ0) is 11.5. The first-order chi connectivity index (χ1) is 7.68. The standard InChI is InChI=1S/C13H18N2O/c1-10-4-3-5-12(8-10)15(2)13(16)11-6-7-14-9-11/h3-5,8,11,14H,6-7,9H2,1-2H3. The van der Waals surface area contributed by atoms with Gasteiger partial charge in [-0.25, -0.2) is 0 Å². The molecule has 1 amide bonds. The summed E-state index contributed by atoms with van der Waals surface area (Å²) in [7, 11) is 1.86. The molecule has 86 valence electrons. The number of hydrogen-bond acceptors (Lipinski definition) is 2. The molecule has 1 saturated heterocycles. The largest absolute Gasteiger partial charge is 0.316 e. The van der Waals surface area contributed by atoms with E-state index in [9.17, 15) is 4.79 Å². The molecule has 1 aliphatic rings. The molecule has 0 bridgehead atoms. The van der Waals surface area contributed by atoms with Crippen LogP contribution in [0, 0.1) is 12.8 Å². The van der Waals surface area contributed by atoms with E-state index < -0.39 is 0 Å². The van der Waals surface area contributed by atoms with Gasteiger partial charge < -0.3 is 10.2 Å². The smallest absolute Gasteiger partial charge is 0.231 e. The fourth-order valence-corrected chi connectivity index (χ4v) is 2.10. The third kappa shape index (κ3) is 2.25. The molecule has 1 aliphatic heterocycles. The molecule has 1 aromatic carbocycles. The molecular formula is C13H18N2O. The SMILES string of the molecule is Cc1cccc(N(C)C(=O)C2CCNC2)c1. The molecule has 0 radical (unpaired) electrons. The van der Waals surface area contributed by atoms with Gasteiger partial charge >= 0.3 is 0 Å². The molecule has 1 N–H and O–H groups in total. The summed E-state index contributed by atoms with van der Waals surface area (Å²) in [4.78, 5) is 13.9. The number of carbonyl (C=O) groups excluding carboxylic acids is 1. The number of nitrogens with one attached hydrogen (secondary N) is 1. The number of hydrogen-bond donors (Lipinski definition) is 1. The minimum atomic E-state index is 0.144. The van der Waals surface area contributed by atoms with Gasteiger partial charge in [0.1, 0.15) is 0 Å². The molecule has 1 aromatic rings. The van der Waals surface area contributed by atoms with Crippen LogP contribution >= 0.6 is 0 Å². The topological polar surface area (TPSA) is 32.3 Å². The molecule has 3 nitrogen and oxygen atoms in total. The first kappa shape index (κ1) is 11.1. The van der Waals surface area contributed by atoms with E-state index in [-0.39, 0.29) is 11.8 Å². The predicted octanol–water partition coefficient (Wildman–Crippen LogP) is 1.57. The van der Waals surface area contributed by atoms with Crippen LogP contribution in [-0.4, -0.2) is 26.0 Å². The maximum atomic E-state index is 12.1. The molecule has 16 heavy (non-hydrogen) atoms. The van der Waals surface area contributed by atoms with E-state index in [0.29, 0.717) is 0 Å². The summed E-state index contributed by atoms with van der Waals surface area (Å²) in [6.07, 6.45) is 0.953. The summed E-state index contributed by atoms with van der Waals surface area (Å²) in [6, 6.07) is 8.05. The average Bonchev–Trinajstić information content (AvgIpc) is 2.80. The van der Waals surface area contributed by atoms with E-state index in [0.717, 1.165) is 25.2 Å². The van der Waals surface area contributed by atoms with Crippen LogP contribution in [0.1, 0.15) is 12.0 Å². The van der Waals surface area contributed by atoms with Gasteiger partial charge in [0.05, 0.1) is 5.92 Å². The van der Waals surface area contributed by atoms with Gasteiger partial charge in [-0.3, -0.25) is 4.79 Å². The monoisotopic (exact) mass is 218 g/mol. The van der Waals surface area contributed by atoms with Crippen molar-refractivity contribution in [2.75, 3.05) is 25.0 Å². The lowest BCUT2D eigenvalue weighted by atomic mass is 10.1. The van der Waals surface area contributed by atoms with Crippen LogP contribution in [0.25, 0.3) is 0 Å². The van der Waals surface area contributed by atoms with Gasteiger partial charge in [-0.2, -0.15) is 0 Å². The summed E-state index contributed by atoms with van der Waals surface area (Å²) in [5.41, 5.74) is 2.17. The maximum absolute atomic E-state index is 12.1. The highest BCUT2D eigenvalue weighted by molar-refractivity contribution is 5.94. The molecule has 1 heterocycles. The summed E-state index contributed by atoms with van der Waals surface area (Å²) in [6.45, 7) is 3.81. The fraction of sp³-hybridized carbons (Fsp3) is 0.462. The molecule has 1 unspecified atom stereocenters. The van der Waals surface area contributed by atoms with Crippen molar-refractivity contribution in [2.45, 2.75) is 13.3 Å². The Labute approximate surface area is 96.5 Å². The van der Waals surface area contributed by atoms with Crippen molar-refractivity contribution in [3.05, 3.63) is 29.8 Å². The molecule has 0 aromatic heterocycles. The maximum Gasteiger partial charge on any atom is 0.231 e. The molecule has 3 heteroatoms. The fourth-order valence-electron chi connectivity index (χ4n) is 2.10. The van der Waals surface area contributed by atoms with Gasteiger partial charge in [0.2, 0.25) is 5.91 Å². The Bertz CT molecular complexity index is 383. The minimum Gasteiger partial charge on any atom is -0.316 e. The van der Waals surface area contributed by atoms with Crippen LogP contribution in [-0.2, 0) is 4.79 Å². The van der Waals surface area contributed by atoms with Crippen molar-refractivity contribution >= 4 is 11.6 Å². The van der Waals surface area contributed by atoms with Gasteiger partial charge in [-0.05, 0) is 37.6 Å². The van der Waals surface area contributed by atoms with Crippen LogP contribution < -0.4 is 10.2 Å². The van der Waals surface area contributed by atoms with E-state index in [2.05, 4.69) is 5.32 Å². The van der Waals surface area contributed by atoms with Crippen LogP contribution in [0.15, 0.2) is 24.3 Å². The minimum absolute atomic E-state index is 0.144. The van der Waals surface area contributed by atoms with Crippen molar-refractivity contribution in [3.8, 4) is 0 Å². The third-order valence-electron chi connectivity index (χ3n) is 3.13. The average molecular weight is 218 g/mol. The molecule has 2 rings (SSSR count). The Balaban J connectivity index is 2.11. The number of aryl methyl sites for hydroxylation is 1. The normalized spacial score (nSPS) is 19.8. The zero-order valence-corrected chi connectivity index (χ0v) is 9.86. The lowest BCUT2D eigenvalue weighted by molar-refractivity contribution is -0.121. The third-order valence-corrected chi connectivity index (χ3v) is 3.13. The Kier molecular flexibility index (Phi) is 3.25. The number of rotatable bonds is 2. The van der Waals surface area contributed by atoms with Crippen molar-refractivity contribution in [3.63, 3.8) is 0 Å². The van der Waals surface area contributed by atoms with Crippen LogP contribution in [0.4, 0.5) is 5.69 Å². The van der Waals surface area contributed by atoms with Crippen molar-refractivity contribution < 1.29 is 4.79 Å². The molecular weight excluding hydrogens is 200 g/mol. The van der Waals surface area contributed by atoms with E-state index in [4.69, 9.17) is 0 Å². The highest BCUT2D eigenvalue weighted by atomic mass is 16.2. The first-order valence-electron chi connectivity index (χ1n) is 5.73. The number of amides is 1. The van der Waals surface area contributed by atoms with Gasteiger partial charge in [0.15, 0.2) is 0 Å². The van der Waals surface area contributed by atoms with Crippen LogP contribution in [0.5, 0.6) is 0 Å². The van der Waals surface area contributed by atoms with E-state index in [1.54, 1.807) is 4.90 Å². The first-order valence-corrected chi connectivity index (χ1v) is 5.73. The van der Waals surface area contributed by atoms with E-state index in [1.165, 1.54) is 5.56 Å². The van der Waals surface area contributed by atoms with Crippen LogP contribution in [0.2, 0.25) is 0 Å². The molecule has 1 fully saturated rings. The summed E-state index contributed by atoms with van der Waals surface area (Å²) >= 11 is 0. The second kappa shape index (κ2) is 4.66. The van der Waals surface area contributed by atoms with E-state index >= 15 is 0 Å². The lowest BCUT2D eigenvalue weighted by Crippen LogP contribution is -2.33. The van der Waals surface area contributed by atoms with E-state index in [1.807, 2.05) is 38.2 Å². The molecule has 1 atom stereocenters. The second-order valence-corrected chi connectivity index (χ2v) is 4.43. The van der Waals surface area contributed by atoms with Gasteiger partial charge in [0.25, 0.3) is 0 Å². The molecule has 0 spiro atoms. The molecule has 0 aliphatic carbocycles.